The van der Waals surface area contributed by atoms with Gasteiger partial charge in [0.1, 0.15) is 0 Å². The minimum Gasteiger partial charge on any atom is -0.315 e. The first-order valence-electron chi connectivity index (χ1n) is 4.65. The van der Waals surface area contributed by atoms with Crippen LogP contribution in [0.4, 0.5) is 0 Å². The quantitative estimate of drug-likeness (QED) is 0.794. The predicted molar refractivity (Wildman–Crippen MR) is 64.3 cm³/mol. The largest absolute Gasteiger partial charge is 0.315 e. The molecule has 0 saturated carbocycles. The van der Waals surface area contributed by atoms with Crippen molar-refractivity contribution in [3.63, 3.8) is 0 Å². The highest BCUT2D eigenvalue weighted by atomic mass is 32.2. The molecule has 0 atom stereocenters. The molecule has 1 heterocycles. The van der Waals surface area contributed by atoms with E-state index in [0.29, 0.717) is 17.0 Å². The zero-order valence-corrected chi connectivity index (χ0v) is 11.0. The number of nitrogens with one attached hydrogen (secondary N) is 2. The summed E-state index contributed by atoms with van der Waals surface area (Å²) in [6, 6.07) is 0. The van der Waals surface area contributed by atoms with Crippen molar-refractivity contribution in [2.24, 2.45) is 0 Å². The van der Waals surface area contributed by atoms with E-state index in [-0.39, 0.29) is 15.6 Å². The van der Waals surface area contributed by atoms with Gasteiger partial charge in [0.15, 0.2) is 4.21 Å². The molecule has 0 amide bonds. The highest BCUT2D eigenvalue weighted by Gasteiger charge is 2.19. The summed E-state index contributed by atoms with van der Waals surface area (Å²) in [5, 5.41) is 0. The standard InChI is InChI=1S/C9H14N2O3S2/c1-6(2)4-5-10-16(13,14)8-7(3)11-9(12)15-8/h4,10H,5H2,1-3H3,(H,11,12). The average molecular weight is 262 g/mol. The van der Waals surface area contributed by atoms with Gasteiger partial charge in [-0.25, -0.2) is 13.1 Å². The number of aromatic amines is 1. The van der Waals surface area contributed by atoms with Gasteiger partial charge < -0.3 is 4.98 Å². The molecule has 0 radical (unpaired) electrons. The number of H-pyrrole nitrogens is 1. The molecule has 0 bridgehead atoms. The number of rotatable bonds is 4. The second-order valence-electron chi connectivity index (χ2n) is 3.56. The topological polar surface area (TPSA) is 79.0 Å². The number of hydrogen-bond donors (Lipinski definition) is 2. The van der Waals surface area contributed by atoms with Gasteiger partial charge in [0.25, 0.3) is 10.0 Å². The van der Waals surface area contributed by atoms with Gasteiger partial charge in [-0.1, -0.05) is 23.0 Å². The van der Waals surface area contributed by atoms with E-state index in [4.69, 9.17) is 0 Å². The molecule has 16 heavy (non-hydrogen) atoms. The first-order chi connectivity index (χ1) is 7.33. The summed E-state index contributed by atoms with van der Waals surface area (Å²) in [5.74, 6) is 0. The Morgan fingerprint density at radius 3 is 2.56 bits per heavy atom. The van der Waals surface area contributed by atoms with Crippen LogP contribution in [0.15, 0.2) is 20.7 Å². The lowest BCUT2D eigenvalue weighted by Crippen LogP contribution is -2.23. The van der Waals surface area contributed by atoms with Gasteiger partial charge in [-0.2, -0.15) is 0 Å². The third kappa shape index (κ3) is 3.29. The van der Waals surface area contributed by atoms with Crippen molar-refractivity contribution in [1.29, 1.82) is 0 Å². The van der Waals surface area contributed by atoms with Gasteiger partial charge in [0.2, 0.25) is 0 Å². The van der Waals surface area contributed by atoms with Crippen LogP contribution in [0, 0.1) is 6.92 Å². The SMILES string of the molecule is CC(C)=CCNS(=O)(=O)c1sc(=O)[nH]c1C. The number of sulfonamides is 1. The van der Waals surface area contributed by atoms with E-state index in [9.17, 15) is 13.2 Å². The Kier molecular flexibility index (Phi) is 4.06. The zero-order valence-electron chi connectivity index (χ0n) is 9.33. The summed E-state index contributed by atoms with van der Waals surface area (Å²) in [5.41, 5.74) is 1.40. The van der Waals surface area contributed by atoms with Crippen LogP contribution in [-0.2, 0) is 10.0 Å². The van der Waals surface area contributed by atoms with Crippen LogP contribution in [-0.4, -0.2) is 19.9 Å². The Morgan fingerprint density at radius 2 is 2.12 bits per heavy atom. The molecule has 2 N–H and O–H groups in total. The highest BCUT2D eigenvalue weighted by molar-refractivity contribution is 7.91. The second kappa shape index (κ2) is 4.94. The second-order valence-corrected chi connectivity index (χ2v) is 6.51. The van der Waals surface area contributed by atoms with E-state index in [1.165, 1.54) is 0 Å². The Morgan fingerprint density at radius 1 is 1.50 bits per heavy atom. The lowest BCUT2D eigenvalue weighted by Gasteiger charge is -2.02. The lowest BCUT2D eigenvalue weighted by molar-refractivity contribution is 0.587. The molecular weight excluding hydrogens is 248 g/mol. The molecule has 1 aromatic heterocycles. The molecule has 0 fully saturated rings. The van der Waals surface area contributed by atoms with Crippen LogP contribution < -0.4 is 9.60 Å². The minimum atomic E-state index is -3.57. The summed E-state index contributed by atoms with van der Waals surface area (Å²) in [7, 11) is -3.57. The van der Waals surface area contributed by atoms with Crippen LogP contribution in [0.25, 0.3) is 0 Å². The van der Waals surface area contributed by atoms with Gasteiger partial charge in [0.05, 0.1) is 0 Å². The molecular formula is C9H14N2O3S2. The van der Waals surface area contributed by atoms with Gasteiger partial charge >= 0.3 is 4.87 Å². The van der Waals surface area contributed by atoms with Crippen molar-refractivity contribution < 1.29 is 8.42 Å². The molecule has 7 heteroatoms. The summed E-state index contributed by atoms with van der Waals surface area (Å²) >= 11 is 0.698. The van der Waals surface area contributed by atoms with E-state index in [2.05, 4.69) is 9.71 Å². The van der Waals surface area contributed by atoms with Gasteiger partial charge in [-0.15, -0.1) is 0 Å². The minimum absolute atomic E-state index is 0.0552. The first kappa shape index (κ1) is 13.1. The van der Waals surface area contributed by atoms with E-state index >= 15 is 0 Å². The lowest BCUT2D eigenvalue weighted by atomic mass is 10.3. The number of aromatic nitrogens is 1. The zero-order chi connectivity index (χ0) is 12.3. The van der Waals surface area contributed by atoms with Crippen LogP contribution in [0.5, 0.6) is 0 Å². The van der Waals surface area contributed by atoms with Crippen molar-refractivity contribution in [2.45, 2.75) is 25.0 Å². The Bertz CT molecular complexity index is 548. The molecule has 0 aliphatic heterocycles. The summed E-state index contributed by atoms with van der Waals surface area (Å²) < 4.78 is 26.0. The monoisotopic (exact) mass is 262 g/mol. The van der Waals surface area contributed by atoms with E-state index in [1.54, 1.807) is 13.0 Å². The first-order valence-corrected chi connectivity index (χ1v) is 6.95. The normalized spacial score (nSPS) is 11.4. The molecule has 0 spiro atoms. The third-order valence-corrected chi connectivity index (χ3v) is 4.84. The molecule has 0 aliphatic carbocycles. The Labute approximate surface area is 98.3 Å². The van der Waals surface area contributed by atoms with Crippen molar-refractivity contribution >= 4 is 21.4 Å². The smallest absolute Gasteiger partial charge is 0.305 e. The Hall–Kier alpha value is -0.920. The van der Waals surface area contributed by atoms with Crippen molar-refractivity contribution in [3.8, 4) is 0 Å². The van der Waals surface area contributed by atoms with Gasteiger partial charge in [-0.05, 0) is 20.8 Å². The Balaban J connectivity index is 2.91. The maximum Gasteiger partial charge on any atom is 0.305 e. The number of aryl methyl sites for hydroxylation is 1. The molecule has 1 aromatic rings. The average Bonchev–Trinajstić information content (AvgIpc) is 2.44. The number of allylic oxidation sites excluding steroid dienone is 1. The van der Waals surface area contributed by atoms with Crippen molar-refractivity contribution in [3.05, 3.63) is 27.0 Å². The summed E-state index contributed by atoms with van der Waals surface area (Å²) in [6.45, 7) is 5.56. The molecule has 1 rings (SSSR count). The maximum absolute atomic E-state index is 11.8. The fourth-order valence-electron chi connectivity index (χ4n) is 1.07. The van der Waals surface area contributed by atoms with E-state index in [0.717, 1.165) is 5.57 Å². The van der Waals surface area contributed by atoms with Crippen LogP contribution in [0.2, 0.25) is 0 Å². The third-order valence-electron chi connectivity index (χ3n) is 1.81. The summed E-state index contributed by atoms with van der Waals surface area (Å²) in [4.78, 5) is 13.1. The number of hydrogen-bond acceptors (Lipinski definition) is 4. The molecule has 90 valence electrons. The highest BCUT2D eigenvalue weighted by Crippen LogP contribution is 2.14. The van der Waals surface area contributed by atoms with Gasteiger partial charge in [-0.3, -0.25) is 4.79 Å². The number of thiazole rings is 1. The van der Waals surface area contributed by atoms with Crippen LogP contribution >= 0.6 is 11.3 Å². The molecule has 0 aromatic carbocycles. The van der Waals surface area contributed by atoms with E-state index in [1.807, 2.05) is 13.8 Å². The fraction of sp³-hybridized carbons (Fsp3) is 0.444. The molecule has 0 unspecified atom stereocenters. The van der Waals surface area contributed by atoms with Crippen molar-refractivity contribution in [2.75, 3.05) is 6.54 Å². The molecule has 5 nitrogen and oxygen atoms in total. The molecule has 0 aliphatic rings. The van der Waals surface area contributed by atoms with Crippen molar-refractivity contribution in [1.82, 2.24) is 9.71 Å². The van der Waals surface area contributed by atoms with Crippen LogP contribution in [0.1, 0.15) is 19.5 Å². The molecule has 0 saturated heterocycles. The fourth-order valence-corrected chi connectivity index (χ4v) is 3.38. The predicted octanol–water partition coefficient (Wildman–Crippen LogP) is 0.989. The van der Waals surface area contributed by atoms with Crippen LogP contribution in [0.3, 0.4) is 0 Å². The van der Waals surface area contributed by atoms with Gasteiger partial charge in [0, 0.05) is 12.2 Å². The summed E-state index contributed by atoms with van der Waals surface area (Å²) in [6.07, 6.45) is 1.77. The van der Waals surface area contributed by atoms with E-state index < -0.39 is 10.0 Å². The maximum atomic E-state index is 11.8.